The summed E-state index contributed by atoms with van der Waals surface area (Å²) in [5.74, 6) is 1.78. The summed E-state index contributed by atoms with van der Waals surface area (Å²) in [5.41, 5.74) is 0.390. The molecule has 130 valence electrons. The van der Waals surface area contributed by atoms with Crippen LogP contribution < -0.4 is 4.74 Å². The second-order valence-corrected chi connectivity index (χ2v) is 6.07. The van der Waals surface area contributed by atoms with Crippen LogP contribution in [0, 0.1) is 0 Å². The molecule has 0 radical (unpaired) electrons. The van der Waals surface area contributed by atoms with Crippen LogP contribution in [0.2, 0.25) is 0 Å². The van der Waals surface area contributed by atoms with Crippen molar-refractivity contribution in [3.05, 3.63) is 23.5 Å². The van der Waals surface area contributed by atoms with Gasteiger partial charge in [0, 0.05) is 32.1 Å². The molecule has 3 rings (SSSR count). The van der Waals surface area contributed by atoms with Crippen LogP contribution in [-0.2, 0) is 13.5 Å². The number of methoxy groups -OCH3 is 1. The first kappa shape index (κ1) is 16.5. The molecule has 24 heavy (non-hydrogen) atoms. The molecule has 0 bridgehead atoms. The van der Waals surface area contributed by atoms with Crippen LogP contribution in [0.5, 0.6) is 5.88 Å². The number of hydrogen-bond acceptors (Lipinski definition) is 6. The number of aromatic nitrogens is 4. The van der Waals surface area contributed by atoms with Crippen LogP contribution in [0.4, 0.5) is 0 Å². The molecule has 1 saturated heterocycles. The van der Waals surface area contributed by atoms with Crippen molar-refractivity contribution in [2.24, 2.45) is 7.05 Å². The van der Waals surface area contributed by atoms with E-state index in [0.29, 0.717) is 36.3 Å². The lowest BCUT2D eigenvalue weighted by molar-refractivity contribution is 0.0575. The van der Waals surface area contributed by atoms with Crippen LogP contribution in [0.25, 0.3) is 0 Å². The summed E-state index contributed by atoms with van der Waals surface area (Å²) in [7, 11) is 3.31. The second kappa shape index (κ2) is 6.62. The normalized spacial score (nSPS) is 21.1. The molecule has 1 fully saturated rings. The van der Waals surface area contributed by atoms with E-state index in [1.807, 2.05) is 18.7 Å². The lowest BCUT2D eigenvalue weighted by Crippen LogP contribution is -2.46. The van der Waals surface area contributed by atoms with Crippen molar-refractivity contribution in [3.63, 3.8) is 0 Å². The van der Waals surface area contributed by atoms with Gasteiger partial charge in [-0.25, -0.2) is 4.68 Å². The van der Waals surface area contributed by atoms with Gasteiger partial charge >= 0.3 is 0 Å². The van der Waals surface area contributed by atoms with Gasteiger partial charge in [0.05, 0.1) is 13.0 Å². The quantitative estimate of drug-likeness (QED) is 0.848. The molecule has 2 aromatic rings. The Morgan fingerprint density at radius 3 is 2.88 bits per heavy atom. The van der Waals surface area contributed by atoms with Gasteiger partial charge in [-0.3, -0.25) is 4.79 Å². The Balaban J connectivity index is 1.81. The summed E-state index contributed by atoms with van der Waals surface area (Å²) in [6.45, 7) is 4.70. The highest BCUT2D eigenvalue weighted by Crippen LogP contribution is 2.32. The molecule has 2 atom stereocenters. The second-order valence-electron chi connectivity index (χ2n) is 6.07. The first-order valence-electron chi connectivity index (χ1n) is 8.26. The number of amides is 1. The summed E-state index contributed by atoms with van der Waals surface area (Å²) >= 11 is 0. The summed E-state index contributed by atoms with van der Waals surface area (Å²) in [6, 6.07) is 1.64. The van der Waals surface area contributed by atoms with E-state index in [1.54, 1.807) is 24.9 Å². The summed E-state index contributed by atoms with van der Waals surface area (Å²) in [4.78, 5) is 14.7. The Bertz CT molecular complexity index is 723. The van der Waals surface area contributed by atoms with E-state index in [-0.39, 0.29) is 17.9 Å². The number of hydrogen-bond donors (Lipinski definition) is 0. The van der Waals surface area contributed by atoms with Gasteiger partial charge in [0.1, 0.15) is 0 Å². The van der Waals surface area contributed by atoms with E-state index in [2.05, 4.69) is 15.3 Å². The maximum absolute atomic E-state index is 12.9. The third-order valence-corrected chi connectivity index (χ3v) is 4.62. The minimum absolute atomic E-state index is 0.0237. The molecule has 0 unspecified atom stereocenters. The maximum Gasteiger partial charge on any atom is 0.274 e. The highest BCUT2D eigenvalue weighted by Gasteiger charge is 2.36. The average molecular weight is 333 g/mol. The number of rotatable bonds is 4. The minimum atomic E-state index is -0.0960. The maximum atomic E-state index is 12.9. The van der Waals surface area contributed by atoms with Gasteiger partial charge in [0.25, 0.3) is 5.91 Å². The number of carbonyl (C=O) groups is 1. The molecule has 8 nitrogen and oxygen atoms in total. The first-order chi connectivity index (χ1) is 11.5. The molecule has 1 aliphatic heterocycles. The van der Waals surface area contributed by atoms with Crippen LogP contribution in [0.1, 0.15) is 54.9 Å². The van der Waals surface area contributed by atoms with E-state index in [0.717, 1.165) is 12.8 Å². The van der Waals surface area contributed by atoms with Crippen LogP contribution in [0.15, 0.2) is 10.5 Å². The molecule has 2 aromatic heterocycles. The van der Waals surface area contributed by atoms with E-state index in [9.17, 15) is 4.79 Å². The molecular formula is C16H23N5O3. The van der Waals surface area contributed by atoms with Crippen molar-refractivity contribution < 1.29 is 13.9 Å². The highest BCUT2D eigenvalue weighted by molar-refractivity contribution is 5.93. The Kier molecular flexibility index (Phi) is 4.55. The van der Waals surface area contributed by atoms with Crippen LogP contribution in [-0.4, -0.2) is 50.5 Å². The zero-order valence-corrected chi connectivity index (χ0v) is 14.5. The summed E-state index contributed by atoms with van der Waals surface area (Å²) in [5, 5.41) is 12.5. The Hall–Kier alpha value is -2.38. The number of carbonyl (C=O) groups excluding carboxylic acids is 1. The average Bonchev–Trinajstić information content (AvgIpc) is 3.20. The van der Waals surface area contributed by atoms with Gasteiger partial charge in [-0.05, 0) is 19.8 Å². The standard InChI is InChI=1S/C16H23N5O3/c1-5-13-17-18-15(24-13)11-7-6-8-21(10(11)2)16(22)12-9-14(23-4)20(3)19-12/h9-11H,5-8H2,1-4H3/t10-,11-/m0/s1. The van der Waals surface area contributed by atoms with Gasteiger partial charge in [-0.2, -0.15) is 5.10 Å². The van der Waals surface area contributed by atoms with Crippen molar-refractivity contribution in [2.45, 2.75) is 45.1 Å². The predicted molar refractivity (Wildman–Crippen MR) is 85.9 cm³/mol. The Labute approximate surface area is 140 Å². The molecule has 0 N–H and O–H groups in total. The SMILES string of the molecule is CCc1nnc([C@H]2CCCN(C(=O)c3cc(OC)n(C)n3)[C@H]2C)o1. The molecular weight excluding hydrogens is 310 g/mol. The fraction of sp³-hybridized carbons (Fsp3) is 0.625. The third kappa shape index (κ3) is 2.88. The van der Waals surface area contributed by atoms with Crippen molar-refractivity contribution >= 4 is 5.91 Å². The van der Waals surface area contributed by atoms with Gasteiger partial charge in [-0.1, -0.05) is 6.92 Å². The molecule has 0 spiro atoms. The fourth-order valence-corrected chi connectivity index (χ4v) is 3.21. The largest absolute Gasteiger partial charge is 0.481 e. The number of aryl methyl sites for hydroxylation is 2. The van der Waals surface area contributed by atoms with Gasteiger partial charge < -0.3 is 14.1 Å². The number of nitrogens with zero attached hydrogens (tertiary/aromatic N) is 5. The zero-order valence-electron chi connectivity index (χ0n) is 14.5. The molecule has 0 aliphatic carbocycles. The number of likely N-dealkylation sites (tertiary alicyclic amines) is 1. The summed E-state index contributed by atoms with van der Waals surface area (Å²) in [6.07, 6.45) is 2.54. The number of piperidine rings is 1. The third-order valence-electron chi connectivity index (χ3n) is 4.62. The van der Waals surface area contributed by atoms with Gasteiger partial charge in [-0.15, -0.1) is 10.2 Å². The van der Waals surface area contributed by atoms with E-state index >= 15 is 0 Å². The molecule has 8 heteroatoms. The Morgan fingerprint density at radius 2 is 2.25 bits per heavy atom. The van der Waals surface area contributed by atoms with Crippen molar-refractivity contribution in [1.29, 1.82) is 0 Å². The predicted octanol–water partition coefficient (Wildman–Crippen LogP) is 1.78. The smallest absolute Gasteiger partial charge is 0.274 e. The van der Waals surface area contributed by atoms with Crippen LogP contribution >= 0.6 is 0 Å². The molecule has 1 aliphatic rings. The van der Waals surface area contributed by atoms with Crippen molar-refractivity contribution in [3.8, 4) is 5.88 Å². The van der Waals surface area contributed by atoms with Crippen molar-refractivity contribution in [2.75, 3.05) is 13.7 Å². The fourth-order valence-electron chi connectivity index (χ4n) is 3.21. The number of ether oxygens (including phenoxy) is 1. The first-order valence-corrected chi connectivity index (χ1v) is 8.26. The topological polar surface area (TPSA) is 86.3 Å². The summed E-state index contributed by atoms with van der Waals surface area (Å²) < 4.78 is 12.5. The van der Waals surface area contributed by atoms with E-state index in [1.165, 1.54) is 0 Å². The van der Waals surface area contributed by atoms with Crippen LogP contribution in [0.3, 0.4) is 0 Å². The zero-order chi connectivity index (χ0) is 17.3. The van der Waals surface area contributed by atoms with E-state index < -0.39 is 0 Å². The monoisotopic (exact) mass is 333 g/mol. The van der Waals surface area contributed by atoms with Crippen molar-refractivity contribution in [1.82, 2.24) is 24.9 Å². The molecule has 1 amide bonds. The van der Waals surface area contributed by atoms with Gasteiger partial charge in [0.15, 0.2) is 5.69 Å². The Morgan fingerprint density at radius 1 is 1.46 bits per heavy atom. The molecule has 0 saturated carbocycles. The molecule has 0 aromatic carbocycles. The minimum Gasteiger partial charge on any atom is -0.481 e. The van der Waals surface area contributed by atoms with Gasteiger partial charge in [0.2, 0.25) is 17.7 Å². The molecule has 3 heterocycles. The lowest BCUT2D eigenvalue weighted by atomic mass is 9.90. The lowest BCUT2D eigenvalue weighted by Gasteiger charge is -2.37. The highest BCUT2D eigenvalue weighted by atomic mass is 16.5. The van der Waals surface area contributed by atoms with E-state index in [4.69, 9.17) is 9.15 Å².